The zero-order valence-corrected chi connectivity index (χ0v) is 11.3. The molecule has 1 atom stereocenters. The Morgan fingerprint density at radius 3 is 2.47 bits per heavy atom. The lowest BCUT2D eigenvalue weighted by atomic mass is 9.72. The molecule has 0 N–H and O–H groups in total. The maximum atomic E-state index is 12.2. The van der Waals surface area contributed by atoms with Gasteiger partial charge >= 0.3 is 11.9 Å². The van der Waals surface area contributed by atoms with Gasteiger partial charge in [-0.15, -0.1) is 0 Å². The third-order valence-electron chi connectivity index (χ3n) is 3.32. The Kier molecular flexibility index (Phi) is 5.37. The number of ether oxygens (including phenoxy) is 2. The molecule has 1 aliphatic carbocycles. The standard InChI is InChI=1S/C15H18O4/c1-4-5-8-11-15(13(16)18-2,14(17)19-3)12-9-6-7-10-12/h4,6,9,12H,1,7,10-11H2,2-3H3. The molecule has 1 unspecified atom stereocenters. The number of allylic oxidation sites excluding steroid dienone is 3. The van der Waals surface area contributed by atoms with Crippen molar-refractivity contribution < 1.29 is 19.1 Å². The van der Waals surface area contributed by atoms with E-state index in [2.05, 4.69) is 18.4 Å². The second-order valence-corrected chi connectivity index (χ2v) is 4.27. The van der Waals surface area contributed by atoms with E-state index in [0.717, 1.165) is 6.42 Å². The lowest BCUT2D eigenvalue weighted by molar-refractivity contribution is -0.172. The van der Waals surface area contributed by atoms with Crippen LogP contribution in [0, 0.1) is 23.2 Å². The number of carbonyl (C=O) groups excluding carboxylic acids is 2. The number of methoxy groups -OCH3 is 2. The summed E-state index contributed by atoms with van der Waals surface area (Å²) in [4.78, 5) is 24.3. The molecular formula is C15H18O4. The summed E-state index contributed by atoms with van der Waals surface area (Å²) in [5.41, 5.74) is -1.38. The van der Waals surface area contributed by atoms with Crippen LogP contribution in [0.1, 0.15) is 19.3 Å². The highest BCUT2D eigenvalue weighted by Crippen LogP contribution is 2.41. The topological polar surface area (TPSA) is 52.6 Å². The van der Waals surface area contributed by atoms with Gasteiger partial charge in [0.2, 0.25) is 0 Å². The van der Waals surface area contributed by atoms with Crippen LogP contribution in [0.15, 0.2) is 24.8 Å². The van der Waals surface area contributed by atoms with Gasteiger partial charge in [0.25, 0.3) is 0 Å². The third-order valence-corrected chi connectivity index (χ3v) is 3.32. The van der Waals surface area contributed by atoms with Crippen LogP contribution in [0.4, 0.5) is 0 Å². The number of esters is 2. The van der Waals surface area contributed by atoms with Crippen molar-refractivity contribution in [2.24, 2.45) is 11.3 Å². The number of carbonyl (C=O) groups is 2. The molecule has 102 valence electrons. The molecule has 0 aromatic heterocycles. The molecule has 0 spiro atoms. The van der Waals surface area contributed by atoms with Gasteiger partial charge in [0.1, 0.15) is 0 Å². The van der Waals surface area contributed by atoms with E-state index in [-0.39, 0.29) is 12.3 Å². The molecule has 0 aromatic rings. The van der Waals surface area contributed by atoms with Crippen LogP contribution in [0.5, 0.6) is 0 Å². The van der Waals surface area contributed by atoms with Crippen molar-refractivity contribution in [2.45, 2.75) is 19.3 Å². The predicted molar refractivity (Wildman–Crippen MR) is 70.9 cm³/mol. The van der Waals surface area contributed by atoms with E-state index in [4.69, 9.17) is 9.47 Å². The molecule has 0 saturated heterocycles. The second-order valence-electron chi connectivity index (χ2n) is 4.27. The Morgan fingerprint density at radius 2 is 2.05 bits per heavy atom. The highest BCUT2D eigenvalue weighted by molar-refractivity contribution is 6.01. The molecule has 0 heterocycles. The zero-order valence-electron chi connectivity index (χ0n) is 11.3. The Bertz CT molecular complexity index is 435. The summed E-state index contributed by atoms with van der Waals surface area (Å²) in [5, 5.41) is 0. The number of hydrogen-bond donors (Lipinski definition) is 0. The number of rotatable bonds is 4. The highest BCUT2D eigenvalue weighted by Gasteiger charge is 2.53. The molecular weight excluding hydrogens is 244 g/mol. The van der Waals surface area contributed by atoms with E-state index in [0.29, 0.717) is 6.42 Å². The van der Waals surface area contributed by atoms with Gasteiger partial charge in [-0.1, -0.05) is 30.6 Å². The molecule has 0 radical (unpaired) electrons. The maximum Gasteiger partial charge on any atom is 0.324 e. The van der Waals surface area contributed by atoms with Gasteiger partial charge in [0.05, 0.1) is 14.2 Å². The van der Waals surface area contributed by atoms with Crippen LogP contribution in [0.25, 0.3) is 0 Å². The molecule has 19 heavy (non-hydrogen) atoms. The van der Waals surface area contributed by atoms with E-state index < -0.39 is 17.4 Å². The third kappa shape index (κ3) is 2.87. The summed E-state index contributed by atoms with van der Waals surface area (Å²) in [6, 6.07) is 0. The summed E-state index contributed by atoms with van der Waals surface area (Å²) < 4.78 is 9.63. The van der Waals surface area contributed by atoms with Crippen LogP contribution in [-0.4, -0.2) is 26.2 Å². The van der Waals surface area contributed by atoms with Crippen molar-refractivity contribution >= 4 is 11.9 Å². The van der Waals surface area contributed by atoms with Crippen molar-refractivity contribution in [3.8, 4) is 11.8 Å². The normalized spacial score (nSPS) is 17.3. The van der Waals surface area contributed by atoms with Crippen LogP contribution >= 0.6 is 0 Å². The van der Waals surface area contributed by atoms with Gasteiger partial charge in [-0.25, -0.2) is 0 Å². The Morgan fingerprint density at radius 1 is 1.42 bits per heavy atom. The van der Waals surface area contributed by atoms with Gasteiger partial charge in [-0.05, 0) is 18.9 Å². The van der Waals surface area contributed by atoms with Crippen LogP contribution in [0.3, 0.4) is 0 Å². The van der Waals surface area contributed by atoms with E-state index in [1.165, 1.54) is 20.3 Å². The fourth-order valence-corrected chi connectivity index (χ4v) is 2.33. The first kappa shape index (κ1) is 15.0. The summed E-state index contributed by atoms with van der Waals surface area (Å²) in [5.74, 6) is 3.99. The minimum absolute atomic E-state index is 0.0629. The molecule has 0 bridgehead atoms. The number of hydrogen-bond acceptors (Lipinski definition) is 4. The Balaban J connectivity index is 3.22. The monoisotopic (exact) mass is 262 g/mol. The van der Waals surface area contributed by atoms with E-state index in [9.17, 15) is 9.59 Å². The molecule has 0 aromatic carbocycles. The van der Waals surface area contributed by atoms with E-state index >= 15 is 0 Å². The molecule has 1 aliphatic rings. The van der Waals surface area contributed by atoms with Crippen molar-refractivity contribution in [1.29, 1.82) is 0 Å². The maximum absolute atomic E-state index is 12.2. The molecule has 1 rings (SSSR count). The fraction of sp³-hybridized carbons (Fsp3) is 0.467. The minimum atomic E-state index is -1.38. The van der Waals surface area contributed by atoms with Crippen LogP contribution in [0.2, 0.25) is 0 Å². The molecule has 4 nitrogen and oxygen atoms in total. The Hall–Kier alpha value is -2.02. The fourth-order valence-electron chi connectivity index (χ4n) is 2.33. The second kappa shape index (κ2) is 6.79. The van der Waals surface area contributed by atoms with Gasteiger partial charge in [0, 0.05) is 12.3 Å². The van der Waals surface area contributed by atoms with Crippen molar-refractivity contribution in [3.05, 3.63) is 24.8 Å². The van der Waals surface area contributed by atoms with E-state index in [1.54, 1.807) is 0 Å². The summed E-state index contributed by atoms with van der Waals surface area (Å²) in [6.45, 7) is 3.49. The smallest absolute Gasteiger partial charge is 0.324 e. The molecule has 0 amide bonds. The molecule has 0 aliphatic heterocycles. The zero-order chi connectivity index (χ0) is 14.3. The van der Waals surface area contributed by atoms with Crippen molar-refractivity contribution in [1.82, 2.24) is 0 Å². The quantitative estimate of drug-likeness (QED) is 0.336. The first-order chi connectivity index (χ1) is 9.13. The van der Waals surface area contributed by atoms with Gasteiger partial charge in [0.15, 0.2) is 5.41 Å². The van der Waals surface area contributed by atoms with Crippen molar-refractivity contribution in [3.63, 3.8) is 0 Å². The first-order valence-electron chi connectivity index (χ1n) is 6.06. The highest BCUT2D eigenvalue weighted by atomic mass is 16.5. The first-order valence-corrected chi connectivity index (χ1v) is 6.06. The average Bonchev–Trinajstić information content (AvgIpc) is 2.96. The van der Waals surface area contributed by atoms with Gasteiger partial charge < -0.3 is 9.47 Å². The molecule has 0 saturated carbocycles. The summed E-state index contributed by atoms with van der Waals surface area (Å²) in [7, 11) is 2.53. The minimum Gasteiger partial charge on any atom is -0.468 e. The van der Waals surface area contributed by atoms with Crippen LogP contribution in [-0.2, 0) is 19.1 Å². The van der Waals surface area contributed by atoms with Crippen molar-refractivity contribution in [2.75, 3.05) is 14.2 Å². The largest absolute Gasteiger partial charge is 0.468 e. The SMILES string of the molecule is C=CC#CCC(C(=O)OC)(C(=O)OC)C1C=CCC1. The lowest BCUT2D eigenvalue weighted by Crippen LogP contribution is -2.46. The summed E-state index contributed by atoms with van der Waals surface area (Å²) in [6.07, 6.45) is 6.84. The lowest BCUT2D eigenvalue weighted by Gasteiger charge is -2.31. The summed E-state index contributed by atoms with van der Waals surface area (Å²) >= 11 is 0. The Labute approximate surface area is 113 Å². The van der Waals surface area contributed by atoms with Gasteiger partial charge in [-0.3, -0.25) is 9.59 Å². The van der Waals surface area contributed by atoms with E-state index in [1.807, 2.05) is 12.2 Å². The van der Waals surface area contributed by atoms with Crippen LogP contribution < -0.4 is 0 Å². The molecule has 4 heteroatoms. The van der Waals surface area contributed by atoms with Gasteiger partial charge in [-0.2, -0.15) is 0 Å². The molecule has 0 fully saturated rings. The predicted octanol–water partition coefficient (Wildman–Crippen LogP) is 1.86. The average molecular weight is 262 g/mol.